The summed E-state index contributed by atoms with van der Waals surface area (Å²) in [6, 6.07) is 7.43. The van der Waals surface area contributed by atoms with E-state index in [-0.39, 0.29) is 18.3 Å². The van der Waals surface area contributed by atoms with Gasteiger partial charge in [-0.05, 0) is 39.8 Å². The molecule has 18 heavy (non-hydrogen) atoms. The van der Waals surface area contributed by atoms with E-state index in [2.05, 4.69) is 4.98 Å². The number of nitriles is 1. The van der Waals surface area contributed by atoms with Gasteiger partial charge in [0.1, 0.15) is 11.8 Å². The van der Waals surface area contributed by atoms with E-state index in [0.29, 0.717) is 12.0 Å². The highest BCUT2D eigenvalue weighted by Gasteiger charge is 2.50. The average Bonchev–Trinajstić information content (AvgIpc) is 2.47. The summed E-state index contributed by atoms with van der Waals surface area (Å²) in [5, 5.41) is 8.81. The molecule has 0 bridgehead atoms. The highest BCUT2D eigenvalue weighted by molar-refractivity contribution is 6.44. The molecule has 0 spiro atoms. The second-order valence-electron chi connectivity index (χ2n) is 5.52. The van der Waals surface area contributed by atoms with Gasteiger partial charge in [0.25, 0.3) is 0 Å². The summed E-state index contributed by atoms with van der Waals surface area (Å²) in [5.41, 5.74) is 0.575. The van der Waals surface area contributed by atoms with Gasteiger partial charge in [-0.15, -0.1) is 0 Å². The molecular weight excluding hydrogens is 227 g/mol. The largest absolute Gasteiger partial charge is 0.464 e. The minimum absolute atomic E-state index is 0.309. The van der Waals surface area contributed by atoms with Gasteiger partial charge in [-0.1, -0.05) is 6.07 Å². The fourth-order valence-electron chi connectivity index (χ4n) is 1.87. The Balaban J connectivity index is 2.10. The van der Waals surface area contributed by atoms with Crippen molar-refractivity contribution in [1.82, 2.24) is 4.98 Å². The summed E-state index contributed by atoms with van der Waals surface area (Å²) in [6.07, 6.45) is 0.558. The van der Waals surface area contributed by atoms with Crippen LogP contribution in [0.25, 0.3) is 0 Å². The predicted octanol–water partition coefficient (Wildman–Crippen LogP) is 2.13. The van der Waals surface area contributed by atoms with Crippen molar-refractivity contribution in [1.29, 1.82) is 5.26 Å². The van der Waals surface area contributed by atoms with Crippen LogP contribution in [-0.4, -0.2) is 23.3 Å². The van der Waals surface area contributed by atoms with Gasteiger partial charge in [0, 0.05) is 12.0 Å². The normalized spacial score (nSPS) is 20.7. The van der Waals surface area contributed by atoms with Gasteiger partial charge in [-0.2, -0.15) is 5.26 Å². The second kappa shape index (κ2) is 4.38. The first-order valence-corrected chi connectivity index (χ1v) is 6.06. The van der Waals surface area contributed by atoms with Crippen molar-refractivity contribution in [3.8, 4) is 6.07 Å². The van der Waals surface area contributed by atoms with Crippen LogP contribution in [0.1, 0.15) is 39.1 Å². The van der Waals surface area contributed by atoms with Crippen molar-refractivity contribution < 1.29 is 9.31 Å². The molecule has 0 amide bonds. The highest BCUT2D eigenvalue weighted by atomic mass is 16.7. The van der Waals surface area contributed by atoms with Gasteiger partial charge in [0.15, 0.2) is 0 Å². The van der Waals surface area contributed by atoms with Crippen molar-refractivity contribution in [2.75, 3.05) is 0 Å². The molecule has 4 nitrogen and oxygen atoms in total. The molecule has 1 aliphatic rings. The zero-order chi connectivity index (χ0) is 13.4. The van der Waals surface area contributed by atoms with Crippen molar-refractivity contribution in [2.24, 2.45) is 0 Å². The molecule has 2 heterocycles. The van der Waals surface area contributed by atoms with Crippen LogP contribution in [-0.2, 0) is 15.6 Å². The van der Waals surface area contributed by atoms with Gasteiger partial charge in [-0.3, -0.25) is 0 Å². The third-order valence-electron chi connectivity index (χ3n) is 3.60. The summed E-state index contributed by atoms with van der Waals surface area (Å²) >= 11 is 0. The molecule has 1 aliphatic heterocycles. The first-order chi connectivity index (χ1) is 8.34. The number of nitrogens with zero attached hydrogens (tertiary/aromatic N) is 2. The van der Waals surface area contributed by atoms with Gasteiger partial charge in [0.05, 0.1) is 11.2 Å². The Hall–Kier alpha value is -1.38. The number of rotatable bonds is 2. The number of pyridine rings is 1. The molecule has 1 fully saturated rings. The molecule has 1 saturated heterocycles. The second-order valence-corrected chi connectivity index (χ2v) is 5.52. The topological polar surface area (TPSA) is 55.1 Å². The Morgan fingerprint density at radius 2 is 1.83 bits per heavy atom. The molecule has 0 unspecified atom stereocenters. The molecule has 0 saturated carbocycles. The summed E-state index contributed by atoms with van der Waals surface area (Å²) in [6.45, 7) is 8.08. The van der Waals surface area contributed by atoms with E-state index in [1.807, 2.05) is 45.9 Å². The third kappa shape index (κ3) is 2.40. The van der Waals surface area contributed by atoms with Crippen molar-refractivity contribution in [3.63, 3.8) is 0 Å². The van der Waals surface area contributed by atoms with Crippen molar-refractivity contribution >= 4 is 7.12 Å². The van der Waals surface area contributed by atoms with Gasteiger partial charge < -0.3 is 9.31 Å². The Labute approximate surface area is 108 Å². The fraction of sp³-hybridized carbons (Fsp3) is 0.538. The number of aromatic nitrogens is 1. The van der Waals surface area contributed by atoms with Crippen molar-refractivity contribution in [3.05, 3.63) is 29.6 Å². The Kier molecular flexibility index (Phi) is 3.18. The quantitative estimate of drug-likeness (QED) is 0.747. The standard InChI is InChI=1S/C13H17BN2O2/c1-12(2)13(3,4)18-14(17-12)8-10-6-5-7-11(9-15)16-10/h5-7H,8H2,1-4H3. The lowest BCUT2D eigenvalue weighted by Gasteiger charge is -2.32. The monoisotopic (exact) mass is 244 g/mol. The molecule has 1 aromatic rings. The fourth-order valence-corrected chi connectivity index (χ4v) is 1.87. The number of hydrogen-bond acceptors (Lipinski definition) is 4. The Bertz CT molecular complexity index is 478. The lowest BCUT2D eigenvalue weighted by Crippen LogP contribution is -2.41. The molecule has 2 rings (SSSR count). The van der Waals surface area contributed by atoms with Crippen LogP contribution in [0.3, 0.4) is 0 Å². The van der Waals surface area contributed by atoms with Crippen LogP contribution in [0.5, 0.6) is 0 Å². The first-order valence-electron chi connectivity index (χ1n) is 6.06. The minimum Gasteiger partial charge on any atom is -0.403 e. The molecule has 0 aliphatic carbocycles. The van der Waals surface area contributed by atoms with Crippen LogP contribution < -0.4 is 0 Å². The average molecular weight is 244 g/mol. The third-order valence-corrected chi connectivity index (χ3v) is 3.60. The zero-order valence-corrected chi connectivity index (χ0v) is 11.2. The maximum absolute atomic E-state index is 8.81. The molecule has 1 aromatic heterocycles. The minimum atomic E-state index is -0.329. The van der Waals surface area contributed by atoms with Gasteiger partial charge >= 0.3 is 7.12 Å². The van der Waals surface area contributed by atoms with E-state index in [9.17, 15) is 0 Å². The lowest BCUT2D eigenvalue weighted by atomic mass is 9.83. The zero-order valence-electron chi connectivity index (χ0n) is 11.2. The van der Waals surface area contributed by atoms with E-state index in [1.165, 1.54) is 0 Å². The molecule has 5 heteroatoms. The maximum atomic E-state index is 8.81. The van der Waals surface area contributed by atoms with E-state index in [0.717, 1.165) is 5.69 Å². The molecular formula is C13H17BN2O2. The van der Waals surface area contributed by atoms with Crippen LogP contribution >= 0.6 is 0 Å². The summed E-state index contributed by atoms with van der Waals surface area (Å²) in [4.78, 5) is 4.23. The van der Waals surface area contributed by atoms with E-state index in [4.69, 9.17) is 14.6 Å². The molecule has 0 N–H and O–H groups in total. The highest BCUT2D eigenvalue weighted by Crippen LogP contribution is 2.37. The molecule has 94 valence electrons. The lowest BCUT2D eigenvalue weighted by molar-refractivity contribution is 0.00578. The number of hydrogen-bond donors (Lipinski definition) is 0. The van der Waals surface area contributed by atoms with Crippen LogP contribution in [0.2, 0.25) is 0 Å². The summed E-state index contributed by atoms with van der Waals surface area (Å²) < 4.78 is 11.8. The van der Waals surface area contributed by atoms with Crippen LogP contribution in [0, 0.1) is 11.3 Å². The van der Waals surface area contributed by atoms with E-state index < -0.39 is 0 Å². The van der Waals surface area contributed by atoms with Crippen LogP contribution in [0.4, 0.5) is 0 Å². The summed E-state index contributed by atoms with van der Waals surface area (Å²) in [5.74, 6) is 0. The summed E-state index contributed by atoms with van der Waals surface area (Å²) in [7, 11) is -0.309. The van der Waals surface area contributed by atoms with Gasteiger partial charge in [0.2, 0.25) is 0 Å². The van der Waals surface area contributed by atoms with E-state index >= 15 is 0 Å². The predicted molar refractivity (Wildman–Crippen MR) is 68.7 cm³/mol. The maximum Gasteiger partial charge on any atom is 0.464 e. The van der Waals surface area contributed by atoms with Crippen LogP contribution in [0.15, 0.2) is 18.2 Å². The molecule has 0 radical (unpaired) electrons. The van der Waals surface area contributed by atoms with Gasteiger partial charge in [-0.25, -0.2) is 4.98 Å². The SMILES string of the molecule is CC1(C)OB(Cc2cccc(C#N)n2)OC1(C)C. The molecule has 0 atom stereocenters. The molecule has 0 aromatic carbocycles. The first kappa shape index (κ1) is 13.1. The smallest absolute Gasteiger partial charge is 0.403 e. The van der Waals surface area contributed by atoms with E-state index in [1.54, 1.807) is 6.07 Å². The Morgan fingerprint density at radius 3 is 2.39 bits per heavy atom. The van der Waals surface area contributed by atoms with Crippen molar-refractivity contribution in [2.45, 2.75) is 45.2 Å². The Morgan fingerprint density at radius 1 is 1.22 bits per heavy atom.